The molecule has 2 N–H and O–H groups in total. The predicted molar refractivity (Wildman–Crippen MR) is 55.6 cm³/mol. The van der Waals surface area contributed by atoms with Gasteiger partial charge in [0.15, 0.2) is 5.82 Å². The number of hydrogen-bond donors (Lipinski definition) is 1. The van der Waals surface area contributed by atoms with Crippen molar-refractivity contribution in [3.63, 3.8) is 0 Å². The summed E-state index contributed by atoms with van der Waals surface area (Å²) in [4.78, 5) is 12.4. The fraction of sp³-hybridized carbons (Fsp3) is 0.333. The molecule has 0 saturated heterocycles. The topological polar surface area (TPSA) is 82.5 Å². The highest BCUT2D eigenvalue weighted by atomic mass is 15.4. The van der Waals surface area contributed by atoms with E-state index >= 15 is 0 Å². The Morgan fingerprint density at radius 1 is 1.07 bits per heavy atom. The van der Waals surface area contributed by atoms with Crippen molar-refractivity contribution >= 4 is 5.82 Å². The number of nitrogens with zero attached hydrogens (tertiary/aromatic N) is 5. The van der Waals surface area contributed by atoms with Gasteiger partial charge in [-0.1, -0.05) is 0 Å². The van der Waals surface area contributed by atoms with Gasteiger partial charge in [-0.05, 0) is 20.8 Å². The van der Waals surface area contributed by atoms with E-state index in [9.17, 15) is 0 Å². The summed E-state index contributed by atoms with van der Waals surface area (Å²) in [5, 5.41) is 4.22. The number of nitrogens with two attached hydrogens (primary N) is 1. The number of aryl methyl sites for hydroxylation is 3. The van der Waals surface area contributed by atoms with Crippen molar-refractivity contribution in [2.75, 3.05) is 5.73 Å². The van der Waals surface area contributed by atoms with Crippen LogP contribution in [-0.2, 0) is 0 Å². The molecule has 0 fully saturated rings. The summed E-state index contributed by atoms with van der Waals surface area (Å²) in [5.74, 6) is 3.20. The lowest BCUT2D eigenvalue weighted by Gasteiger charge is -2.03. The first-order chi connectivity index (χ1) is 7.06. The molecule has 0 atom stereocenters. The summed E-state index contributed by atoms with van der Waals surface area (Å²) < 4.78 is 1.65. The van der Waals surface area contributed by atoms with Crippen LogP contribution >= 0.6 is 0 Å². The predicted octanol–water partition coefficient (Wildman–Crippen LogP) is 0.565. The first-order valence-corrected chi connectivity index (χ1v) is 4.58. The fourth-order valence-electron chi connectivity index (χ4n) is 1.42. The summed E-state index contributed by atoms with van der Waals surface area (Å²) in [5.41, 5.74) is 5.64. The van der Waals surface area contributed by atoms with E-state index in [1.54, 1.807) is 17.7 Å². The summed E-state index contributed by atoms with van der Waals surface area (Å²) in [6.45, 7) is 5.49. The van der Waals surface area contributed by atoms with Gasteiger partial charge in [0.1, 0.15) is 23.3 Å². The lowest BCUT2D eigenvalue weighted by atomic mass is 10.5. The summed E-state index contributed by atoms with van der Waals surface area (Å²) in [7, 11) is 0. The van der Waals surface area contributed by atoms with Crippen molar-refractivity contribution in [3.8, 4) is 5.82 Å². The lowest BCUT2D eigenvalue weighted by molar-refractivity contribution is 0.792. The van der Waals surface area contributed by atoms with Crippen LogP contribution in [0.15, 0.2) is 6.07 Å². The average Bonchev–Trinajstić information content (AvgIpc) is 2.43. The molecule has 0 unspecified atom stereocenters. The van der Waals surface area contributed by atoms with E-state index in [1.165, 1.54) is 0 Å². The zero-order valence-corrected chi connectivity index (χ0v) is 8.89. The highest BCUT2D eigenvalue weighted by molar-refractivity contribution is 5.37. The minimum Gasteiger partial charge on any atom is -0.384 e. The Bertz CT molecular complexity index is 481. The Morgan fingerprint density at radius 3 is 2.33 bits per heavy atom. The average molecular weight is 204 g/mol. The molecule has 6 heteroatoms. The van der Waals surface area contributed by atoms with Crippen molar-refractivity contribution in [3.05, 3.63) is 23.5 Å². The molecule has 2 aromatic heterocycles. The second-order valence-electron chi connectivity index (χ2n) is 3.32. The fourth-order valence-corrected chi connectivity index (χ4v) is 1.42. The summed E-state index contributed by atoms with van der Waals surface area (Å²) in [6, 6.07) is 1.67. The van der Waals surface area contributed by atoms with Gasteiger partial charge >= 0.3 is 0 Å². The Hall–Kier alpha value is -1.98. The first-order valence-electron chi connectivity index (χ1n) is 4.58. The molecule has 0 saturated carbocycles. The molecule has 0 aliphatic rings. The highest BCUT2D eigenvalue weighted by Gasteiger charge is 2.07. The van der Waals surface area contributed by atoms with Gasteiger partial charge in [0.25, 0.3) is 0 Å². The molecule has 0 aliphatic carbocycles. The number of anilines is 1. The van der Waals surface area contributed by atoms with E-state index < -0.39 is 0 Å². The van der Waals surface area contributed by atoms with Crippen LogP contribution in [0, 0.1) is 20.8 Å². The van der Waals surface area contributed by atoms with Crippen LogP contribution in [0.2, 0.25) is 0 Å². The van der Waals surface area contributed by atoms with Gasteiger partial charge in [-0.3, -0.25) is 0 Å². The van der Waals surface area contributed by atoms with Crippen LogP contribution in [0.1, 0.15) is 17.5 Å². The molecule has 78 valence electrons. The molecule has 0 aromatic carbocycles. The molecular formula is C9H12N6. The van der Waals surface area contributed by atoms with Gasteiger partial charge < -0.3 is 5.73 Å². The maximum atomic E-state index is 5.64. The molecule has 0 aliphatic heterocycles. The van der Waals surface area contributed by atoms with Crippen LogP contribution in [-0.4, -0.2) is 24.7 Å². The summed E-state index contributed by atoms with van der Waals surface area (Å²) in [6.07, 6.45) is 0. The molecule has 2 heterocycles. The van der Waals surface area contributed by atoms with E-state index in [0.29, 0.717) is 23.3 Å². The number of rotatable bonds is 1. The maximum Gasteiger partial charge on any atom is 0.161 e. The van der Waals surface area contributed by atoms with Gasteiger partial charge in [-0.25, -0.2) is 15.0 Å². The molecule has 15 heavy (non-hydrogen) atoms. The second kappa shape index (κ2) is 3.30. The van der Waals surface area contributed by atoms with E-state index in [4.69, 9.17) is 5.73 Å². The van der Waals surface area contributed by atoms with Crippen LogP contribution in [0.25, 0.3) is 5.82 Å². The Morgan fingerprint density at radius 2 is 1.80 bits per heavy atom. The van der Waals surface area contributed by atoms with Gasteiger partial charge in [0.05, 0.1) is 0 Å². The molecule has 0 radical (unpaired) electrons. The summed E-state index contributed by atoms with van der Waals surface area (Å²) >= 11 is 0. The van der Waals surface area contributed by atoms with Crippen molar-refractivity contribution in [2.24, 2.45) is 0 Å². The Balaban J connectivity index is 2.58. The molecule has 2 aromatic rings. The van der Waals surface area contributed by atoms with Gasteiger partial charge in [-0.2, -0.15) is 4.68 Å². The van der Waals surface area contributed by atoms with E-state index in [0.717, 1.165) is 5.82 Å². The SMILES string of the molecule is Cc1nc(N)cc(-n2nc(C)nc2C)n1. The zero-order valence-electron chi connectivity index (χ0n) is 8.89. The number of aromatic nitrogens is 5. The number of nitrogen functional groups attached to an aromatic ring is 1. The van der Waals surface area contributed by atoms with Gasteiger partial charge in [0.2, 0.25) is 0 Å². The highest BCUT2D eigenvalue weighted by Crippen LogP contribution is 2.09. The maximum absolute atomic E-state index is 5.64. The lowest BCUT2D eigenvalue weighted by Crippen LogP contribution is -2.06. The smallest absolute Gasteiger partial charge is 0.161 e. The third-order valence-corrected chi connectivity index (χ3v) is 1.94. The molecule has 0 amide bonds. The van der Waals surface area contributed by atoms with E-state index in [-0.39, 0.29) is 0 Å². The third-order valence-electron chi connectivity index (χ3n) is 1.94. The van der Waals surface area contributed by atoms with Crippen LogP contribution in [0.4, 0.5) is 5.82 Å². The van der Waals surface area contributed by atoms with Crippen LogP contribution in [0.3, 0.4) is 0 Å². The largest absolute Gasteiger partial charge is 0.384 e. The molecule has 0 bridgehead atoms. The third kappa shape index (κ3) is 1.78. The van der Waals surface area contributed by atoms with Crippen LogP contribution < -0.4 is 5.73 Å². The normalized spacial score (nSPS) is 10.6. The Kier molecular flexibility index (Phi) is 2.11. The first kappa shape index (κ1) is 9.57. The monoisotopic (exact) mass is 204 g/mol. The Labute approximate surface area is 87.2 Å². The standard InChI is InChI=1S/C9H12N6/c1-5-12-8(10)4-9(13-5)15-7(3)11-6(2)14-15/h4H,1-3H3,(H2,10,12,13). The van der Waals surface area contributed by atoms with Crippen LogP contribution in [0.5, 0.6) is 0 Å². The van der Waals surface area contributed by atoms with E-state index in [1.807, 2.05) is 13.8 Å². The minimum atomic E-state index is 0.435. The molecule has 0 spiro atoms. The molecule has 6 nitrogen and oxygen atoms in total. The molecule has 2 rings (SSSR count). The quantitative estimate of drug-likeness (QED) is 0.734. The van der Waals surface area contributed by atoms with Gasteiger partial charge in [0, 0.05) is 6.07 Å². The van der Waals surface area contributed by atoms with Crippen molar-refractivity contribution in [1.29, 1.82) is 0 Å². The van der Waals surface area contributed by atoms with Crippen molar-refractivity contribution in [1.82, 2.24) is 24.7 Å². The molecular weight excluding hydrogens is 192 g/mol. The zero-order chi connectivity index (χ0) is 11.0. The minimum absolute atomic E-state index is 0.435. The number of hydrogen-bond acceptors (Lipinski definition) is 5. The van der Waals surface area contributed by atoms with Crippen molar-refractivity contribution < 1.29 is 0 Å². The van der Waals surface area contributed by atoms with Crippen molar-refractivity contribution in [2.45, 2.75) is 20.8 Å². The van der Waals surface area contributed by atoms with E-state index in [2.05, 4.69) is 20.1 Å². The van der Waals surface area contributed by atoms with Gasteiger partial charge in [-0.15, -0.1) is 5.10 Å². The second-order valence-corrected chi connectivity index (χ2v) is 3.32.